The van der Waals surface area contributed by atoms with Gasteiger partial charge in [-0.25, -0.2) is 0 Å². The monoisotopic (exact) mass is 376 g/mol. The second-order valence-corrected chi connectivity index (χ2v) is 6.88. The van der Waals surface area contributed by atoms with Crippen molar-refractivity contribution in [3.63, 3.8) is 0 Å². The van der Waals surface area contributed by atoms with Crippen molar-refractivity contribution in [2.45, 2.75) is 0 Å². The maximum absolute atomic E-state index is 12.5. The van der Waals surface area contributed by atoms with E-state index in [0.717, 1.165) is 17.6 Å². The Kier molecular flexibility index (Phi) is 4.72. The minimum atomic E-state index is -0.340. The Hall–Kier alpha value is -2.13. The van der Waals surface area contributed by atoms with Crippen LogP contribution in [0.4, 0.5) is 5.69 Å². The van der Waals surface area contributed by atoms with Crippen LogP contribution in [0.15, 0.2) is 48.2 Å². The van der Waals surface area contributed by atoms with Gasteiger partial charge in [0.2, 0.25) is 5.12 Å². The SMILES string of the molecule is N#Cc1cc(Cl)ccc1C1=C(O)CN(c2ccc(Cl)cc2)SC1=O. The summed E-state index contributed by atoms with van der Waals surface area (Å²) in [5, 5.41) is 20.3. The molecule has 3 rings (SSSR count). The van der Waals surface area contributed by atoms with Crippen LogP contribution in [0.3, 0.4) is 0 Å². The van der Waals surface area contributed by atoms with Gasteiger partial charge in [0.25, 0.3) is 0 Å². The largest absolute Gasteiger partial charge is 0.510 e. The average molecular weight is 377 g/mol. The van der Waals surface area contributed by atoms with E-state index in [1.165, 1.54) is 6.07 Å². The van der Waals surface area contributed by atoms with E-state index in [9.17, 15) is 15.2 Å². The molecule has 120 valence electrons. The van der Waals surface area contributed by atoms with Crippen molar-refractivity contribution in [1.82, 2.24) is 0 Å². The minimum Gasteiger partial charge on any atom is -0.510 e. The van der Waals surface area contributed by atoms with Crippen molar-refractivity contribution in [1.29, 1.82) is 5.26 Å². The van der Waals surface area contributed by atoms with Gasteiger partial charge in [-0.2, -0.15) is 5.26 Å². The number of hydrogen-bond donors (Lipinski definition) is 1. The molecule has 1 aliphatic rings. The molecular formula is C17H10Cl2N2O2S. The maximum Gasteiger partial charge on any atom is 0.243 e. The van der Waals surface area contributed by atoms with Gasteiger partial charge in [0.05, 0.1) is 23.8 Å². The summed E-state index contributed by atoms with van der Waals surface area (Å²) in [5.41, 5.74) is 1.52. The van der Waals surface area contributed by atoms with Gasteiger partial charge in [-0.3, -0.25) is 4.79 Å². The summed E-state index contributed by atoms with van der Waals surface area (Å²) >= 11 is 12.7. The Morgan fingerprint density at radius 1 is 1.12 bits per heavy atom. The molecule has 2 aromatic carbocycles. The lowest BCUT2D eigenvalue weighted by atomic mass is 9.99. The van der Waals surface area contributed by atoms with Crippen molar-refractivity contribution in [2.24, 2.45) is 0 Å². The van der Waals surface area contributed by atoms with E-state index in [1.807, 2.05) is 6.07 Å². The fourth-order valence-electron chi connectivity index (χ4n) is 2.35. The van der Waals surface area contributed by atoms with Gasteiger partial charge in [0, 0.05) is 33.2 Å². The number of aliphatic hydroxyl groups is 1. The lowest BCUT2D eigenvalue weighted by Crippen LogP contribution is -2.27. The summed E-state index contributed by atoms with van der Waals surface area (Å²) in [6, 6.07) is 13.6. The van der Waals surface area contributed by atoms with Crippen LogP contribution in [0.25, 0.3) is 5.57 Å². The number of benzene rings is 2. The number of rotatable bonds is 2. The first kappa shape index (κ1) is 16.7. The van der Waals surface area contributed by atoms with Crippen LogP contribution >= 0.6 is 35.1 Å². The molecule has 0 saturated heterocycles. The Labute approximate surface area is 153 Å². The van der Waals surface area contributed by atoms with Crippen LogP contribution in [0.2, 0.25) is 10.0 Å². The highest BCUT2D eigenvalue weighted by Crippen LogP contribution is 2.37. The lowest BCUT2D eigenvalue weighted by Gasteiger charge is -2.28. The number of halogens is 2. The van der Waals surface area contributed by atoms with Gasteiger partial charge in [0.15, 0.2) is 0 Å². The van der Waals surface area contributed by atoms with Gasteiger partial charge >= 0.3 is 0 Å². The highest BCUT2D eigenvalue weighted by Gasteiger charge is 2.30. The van der Waals surface area contributed by atoms with Gasteiger partial charge in [-0.1, -0.05) is 29.3 Å². The van der Waals surface area contributed by atoms with E-state index in [2.05, 4.69) is 0 Å². The van der Waals surface area contributed by atoms with Gasteiger partial charge in [-0.15, -0.1) is 0 Å². The Morgan fingerprint density at radius 3 is 2.42 bits per heavy atom. The van der Waals surface area contributed by atoms with Crippen LogP contribution in [0.5, 0.6) is 0 Å². The average Bonchev–Trinajstić information content (AvgIpc) is 2.56. The first-order chi connectivity index (χ1) is 11.5. The standard InChI is InChI=1S/C17H10Cl2N2O2S/c18-11-1-4-13(5-2-11)21-9-15(22)16(17(23)24-21)14-6-3-12(19)7-10(14)8-20/h1-7,22H,9H2. The molecule has 0 bridgehead atoms. The van der Waals surface area contributed by atoms with Crippen LogP contribution in [-0.2, 0) is 4.79 Å². The second-order valence-electron chi connectivity index (χ2n) is 5.02. The number of aliphatic hydroxyl groups excluding tert-OH is 1. The third-order valence-electron chi connectivity index (χ3n) is 3.47. The number of nitrogens with zero attached hydrogens (tertiary/aromatic N) is 2. The molecule has 24 heavy (non-hydrogen) atoms. The molecule has 0 aliphatic carbocycles. The zero-order valence-electron chi connectivity index (χ0n) is 12.2. The molecule has 1 aliphatic heterocycles. The summed E-state index contributed by atoms with van der Waals surface area (Å²) in [6.07, 6.45) is 0. The van der Waals surface area contributed by atoms with Gasteiger partial charge in [-0.05, 0) is 36.4 Å². The van der Waals surface area contributed by atoms with Gasteiger partial charge in [0.1, 0.15) is 5.76 Å². The highest BCUT2D eigenvalue weighted by molar-refractivity contribution is 8.16. The molecule has 0 saturated carbocycles. The summed E-state index contributed by atoms with van der Waals surface area (Å²) in [7, 11) is 0. The van der Waals surface area contributed by atoms with Crippen molar-refractivity contribution >= 4 is 51.5 Å². The quantitative estimate of drug-likeness (QED) is 0.760. The molecule has 4 nitrogen and oxygen atoms in total. The second kappa shape index (κ2) is 6.78. The molecular weight excluding hydrogens is 367 g/mol. The molecule has 0 radical (unpaired) electrons. The molecule has 0 atom stereocenters. The molecule has 1 heterocycles. The fraction of sp³-hybridized carbons (Fsp3) is 0.0588. The molecule has 0 spiro atoms. The predicted molar refractivity (Wildman–Crippen MR) is 97.1 cm³/mol. The van der Waals surface area contributed by atoms with E-state index < -0.39 is 0 Å². The van der Waals surface area contributed by atoms with Gasteiger partial charge < -0.3 is 9.41 Å². The smallest absolute Gasteiger partial charge is 0.243 e. The zero-order chi connectivity index (χ0) is 17.3. The molecule has 0 unspecified atom stereocenters. The number of nitriles is 1. The molecule has 1 N–H and O–H groups in total. The van der Waals surface area contributed by atoms with Crippen LogP contribution in [0.1, 0.15) is 11.1 Å². The Bertz CT molecular complexity index is 888. The number of carbonyl (C=O) groups excluding carboxylic acids is 1. The Balaban J connectivity index is 1.99. The van der Waals surface area contributed by atoms with E-state index in [4.69, 9.17) is 23.2 Å². The predicted octanol–water partition coefficient (Wildman–Crippen LogP) is 4.83. The van der Waals surface area contributed by atoms with Crippen molar-refractivity contribution in [3.05, 3.63) is 69.4 Å². The maximum atomic E-state index is 12.5. The summed E-state index contributed by atoms with van der Waals surface area (Å²) in [5.74, 6) is -0.0903. The van der Waals surface area contributed by atoms with Crippen molar-refractivity contribution < 1.29 is 9.90 Å². The summed E-state index contributed by atoms with van der Waals surface area (Å²) in [6.45, 7) is 0.140. The first-order valence-electron chi connectivity index (χ1n) is 6.87. The normalized spacial score (nSPS) is 14.7. The number of carbonyl (C=O) groups is 1. The summed E-state index contributed by atoms with van der Waals surface area (Å²) < 4.78 is 1.67. The number of anilines is 1. The topological polar surface area (TPSA) is 64.3 Å². The van der Waals surface area contributed by atoms with Crippen LogP contribution in [0, 0.1) is 11.3 Å². The third kappa shape index (κ3) is 3.22. The van der Waals surface area contributed by atoms with E-state index in [1.54, 1.807) is 40.7 Å². The van der Waals surface area contributed by atoms with Crippen molar-refractivity contribution in [2.75, 3.05) is 10.8 Å². The van der Waals surface area contributed by atoms with E-state index in [0.29, 0.717) is 15.6 Å². The highest BCUT2D eigenvalue weighted by atomic mass is 35.5. The van der Waals surface area contributed by atoms with Crippen molar-refractivity contribution in [3.8, 4) is 6.07 Å². The number of hydrogen-bond acceptors (Lipinski definition) is 5. The summed E-state index contributed by atoms with van der Waals surface area (Å²) in [4.78, 5) is 12.5. The molecule has 0 aromatic heterocycles. The fourth-order valence-corrected chi connectivity index (χ4v) is 3.59. The minimum absolute atomic E-state index is 0.0903. The molecule has 0 amide bonds. The first-order valence-corrected chi connectivity index (χ1v) is 8.40. The van der Waals surface area contributed by atoms with E-state index in [-0.39, 0.29) is 28.6 Å². The zero-order valence-corrected chi connectivity index (χ0v) is 14.5. The van der Waals surface area contributed by atoms with Crippen LogP contribution < -0.4 is 4.31 Å². The third-order valence-corrected chi connectivity index (χ3v) is 4.88. The molecule has 2 aromatic rings. The Morgan fingerprint density at radius 2 is 1.79 bits per heavy atom. The lowest BCUT2D eigenvalue weighted by molar-refractivity contribution is -0.106. The van der Waals surface area contributed by atoms with Crippen LogP contribution in [-0.4, -0.2) is 16.8 Å². The molecule has 7 heteroatoms. The van der Waals surface area contributed by atoms with E-state index >= 15 is 0 Å². The molecule has 0 fully saturated rings.